The van der Waals surface area contributed by atoms with Crippen molar-refractivity contribution in [3.8, 4) is 0 Å². The van der Waals surface area contributed by atoms with Crippen LogP contribution in [0.2, 0.25) is 0 Å². The van der Waals surface area contributed by atoms with E-state index in [9.17, 15) is 9.59 Å². The summed E-state index contributed by atoms with van der Waals surface area (Å²) in [6.07, 6.45) is 1.54. The number of hydrogen-bond donors (Lipinski definition) is 3. The van der Waals surface area contributed by atoms with Crippen molar-refractivity contribution in [2.45, 2.75) is 13.5 Å². The predicted molar refractivity (Wildman–Crippen MR) is 78.8 cm³/mol. The van der Waals surface area contributed by atoms with E-state index >= 15 is 0 Å². The molecular weight excluding hydrogens is 270 g/mol. The molecule has 3 N–H and O–H groups in total. The molecule has 6 nitrogen and oxygen atoms in total. The van der Waals surface area contributed by atoms with Crippen LogP contribution in [0.3, 0.4) is 0 Å². The van der Waals surface area contributed by atoms with E-state index in [-0.39, 0.29) is 12.5 Å². The van der Waals surface area contributed by atoms with Crippen LogP contribution in [0.25, 0.3) is 0 Å². The highest BCUT2D eigenvalue weighted by molar-refractivity contribution is 5.92. The largest absolute Gasteiger partial charge is 0.467 e. The molecule has 0 bridgehead atoms. The van der Waals surface area contributed by atoms with Gasteiger partial charge in [-0.2, -0.15) is 0 Å². The van der Waals surface area contributed by atoms with Crippen molar-refractivity contribution in [1.29, 1.82) is 0 Å². The maximum Gasteiger partial charge on any atom is 0.319 e. The van der Waals surface area contributed by atoms with Crippen LogP contribution in [0.5, 0.6) is 0 Å². The lowest BCUT2D eigenvalue weighted by Gasteiger charge is -2.08. The van der Waals surface area contributed by atoms with Gasteiger partial charge in [-0.15, -0.1) is 0 Å². The van der Waals surface area contributed by atoms with Gasteiger partial charge >= 0.3 is 6.03 Å². The van der Waals surface area contributed by atoms with Crippen molar-refractivity contribution in [1.82, 2.24) is 10.6 Å². The molecule has 0 aliphatic carbocycles. The standard InChI is InChI=1S/C15H17N3O3/c1-11-4-6-12(7-5-11)18-15(20)17-10-14(19)16-9-13-3-2-8-21-13/h2-8H,9-10H2,1H3,(H,16,19)(H2,17,18,20). The van der Waals surface area contributed by atoms with E-state index in [0.29, 0.717) is 18.0 Å². The molecule has 0 aliphatic heterocycles. The fourth-order valence-electron chi connectivity index (χ4n) is 1.63. The average molecular weight is 287 g/mol. The maximum atomic E-state index is 11.6. The highest BCUT2D eigenvalue weighted by atomic mass is 16.3. The van der Waals surface area contributed by atoms with Crippen molar-refractivity contribution < 1.29 is 14.0 Å². The molecule has 0 unspecified atom stereocenters. The van der Waals surface area contributed by atoms with E-state index in [1.807, 2.05) is 19.1 Å². The number of aryl methyl sites for hydroxylation is 1. The number of benzene rings is 1. The third kappa shape index (κ3) is 5.02. The molecule has 0 spiro atoms. The van der Waals surface area contributed by atoms with E-state index in [1.165, 1.54) is 6.26 Å². The second-order valence-electron chi connectivity index (χ2n) is 4.53. The van der Waals surface area contributed by atoms with Crippen molar-refractivity contribution in [3.63, 3.8) is 0 Å². The molecule has 1 aromatic carbocycles. The van der Waals surface area contributed by atoms with Crippen molar-refractivity contribution in [2.24, 2.45) is 0 Å². The van der Waals surface area contributed by atoms with E-state index in [1.54, 1.807) is 24.3 Å². The van der Waals surface area contributed by atoms with Gasteiger partial charge in [-0.05, 0) is 31.2 Å². The van der Waals surface area contributed by atoms with Crippen LogP contribution >= 0.6 is 0 Å². The Morgan fingerprint density at radius 1 is 1.10 bits per heavy atom. The van der Waals surface area contributed by atoms with E-state index in [0.717, 1.165) is 5.56 Å². The van der Waals surface area contributed by atoms with E-state index in [4.69, 9.17) is 4.42 Å². The maximum absolute atomic E-state index is 11.6. The molecule has 3 amide bonds. The Labute approximate surface area is 122 Å². The molecule has 0 saturated carbocycles. The summed E-state index contributed by atoms with van der Waals surface area (Å²) in [7, 11) is 0. The number of furan rings is 1. The predicted octanol–water partition coefficient (Wildman–Crippen LogP) is 2.03. The van der Waals surface area contributed by atoms with Crippen LogP contribution in [0, 0.1) is 6.92 Å². The fourth-order valence-corrected chi connectivity index (χ4v) is 1.63. The van der Waals surface area contributed by atoms with Gasteiger partial charge in [0.1, 0.15) is 5.76 Å². The topological polar surface area (TPSA) is 83.4 Å². The first-order valence-corrected chi connectivity index (χ1v) is 6.54. The number of urea groups is 1. The summed E-state index contributed by atoms with van der Waals surface area (Å²) in [5.41, 5.74) is 1.78. The number of anilines is 1. The quantitative estimate of drug-likeness (QED) is 0.786. The van der Waals surface area contributed by atoms with Crippen LogP contribution in [-0.4, -0.2) is 18.5 Å². The van der Waals surface area contributed by atoms with E-state index in [2.05, 4.69) is 16.0 Å². The van der Waals surface area contributed by atoms with Gasteiger partial charge in [-0.25, -0.2) is 4.79 Å². The van der Waals surface area contributed by atoms with Crippen LogP contribution in [-0.2, 0) is 11.3 Å². The number of rotatable bonds is 5. The zero-order chi connectivity index (χ0) is 15.1. The number of amides is 3. The smallest absolute Gasteiger partial charge is 0.319 e. The summed E-state index contributed by atoms with van der Waals surface area (Å²) in [6.45, 7) is 2.17. The summed E-state index contributed by atoms with van der Waals surface area (Å²) < 4.78 is 5.08. The molecular formula is C15H17N3O3. The third-order valence-electron chi connectivity index (χ3n) is 2.76. The van der Waals surface area contributed by atoms with Gasteiger partial charge in [0.2, 0.25) is 5.91 Å². The SMILES string of the molecule is Cc1ccc(NC(=O)NCC(=O)NCc2ccco2)cc1. The number of carbonyl (C=O) groups excluding carboxylic acids is 2. The van der Waals surface area contributed by atoms with Crippen molar-refractivity contribution in [3.05, 3.63) is 54.0 Å². The molecule has 6 heteroatoms. The molecule has 0 saturated heterocycles. The molecule has 0 atom stereocenters. The summed E-state index contributed by atoms with van der Waals surface area (Å²) in [5, 5.41) is 7.77. The van der Waals surface area contributed by atoms with Gasteiger partial charge in [0.05, 0.1) is 19.4 Å². The highest BCUT2D eigenvalue weighted by Gasteiger charge is 2.06. The molecule has 0 fully saturated rings. The molecule has 2 rings (SSSR count). The molecule has 0 aliphatic rings. The molecule has 2 aromatic rings. The van der Waals surface area contributed by atoms with Crippen LogP contribution in [0.15, 0.2) is 47.1 Å². The Morgan fingerprint density at radius 3 is 2.52 bits per heavy atom. The van der Waals surface area contributed by atoms with Gasteiger partial charge in [0.25, 0.3) is 0 Å². The van der Waals surface area contributed by atoms with Gasteiger partial charge in [0, 0.05) is 5.69 Å². The third-order valence-corrected chi connectivity index (χ3v) is 2.76. The van der Waals surface area contributed by atoms with Gasteiger partial charge in [-0.3, -0.25) is 4.79 Å². The normalized spacial score (nSPS) is 9.95. The minimum Gasteiger partial charge on any atom is -0.467 e. The second-order valence-corrected chi connectivity index (χ2v) is 4.53. The molecule has 1 heterocycles. The van der Waals surface area contributed by atoms with E-state index < -0.39 is 6.03 Å². The fraction of sp³-hybridized carbons (Fsp3) is 0.200. The lowest BCUT2D eigenvalue weighted by molar-refractivity contribution is -0.120. The monoisotopic (exact) mass is 287 g/mol. The summed E-state index contributed by atoms with van der Waals surface area (Å²) in [6, 6.07) is 10.5. The number of carbonyl (C=O) groups is 2. The lowest BCUT2D eigenvalue weighted by Crippen LogP contribution is -2.38. The van der Waals surface area contributed by atoms with Crippen molar-refractivity contribution in [2.75, 3.05) is 11.9 Å². The summed E-state index contributed by atoms with van der Waals surface area (Å²) >= 11 is 0. The summed E-state index contributed by atoms with van der Waals surface area (Å²) in [4.78, 5) is 23.2. The first-order valence-electron chi connectivity index (χ1n) is 6.54. The first kappa shape index (κ1) is 14.6. The zero-order valence-electron chi connectivity index (χ0n) is 11.7. The second kappa shape index (κ2) is 7.14. The number of nitrogens with one attached hydrogen (secondary N) is 3. The first-order chi connectivity index (χ1) is 10.1. The minimum absolute atomic E-state index is 0.0988. The molecule has 0 radical (unpaired) electrons. The number of hydrogen-bond acceptors (Lipinski definition) is 3. The van der Waals surface area contributed by atoms with Gasteiger partial charge in [0.15, 0.2) is 0 Å². The van der Waals surface area contributed by atoms with Crippen LogP contribution in [0.4, 0.5) is 10.5 Å². The van der Waals surface area contributed by atoms with Crippen molar-refractivity contribution >= 4 is 17.6 Å². The molecule has 1 aromatic heterocycles. The molecule has 21 heavy (non-hydrogen) atoms. The zero-order valence-corrected chi connectivity index (χ0v) is 11.7. The average Bonchev–Trinajstić information content (AvgIpc) is 2.99. The van der Waals surface area contributed by atoms with Crippen LogP contribution < -0.4 is 16.0 Å². The highest BCUT2D eigenvalue weighted by Crippen LogP contribution is 2.07. The molecule has 110 valence electrons. The summed E-state index contributed by atoms with van der Waals surface area (Å²) in [5.74, 6) is 0.373. The minimum atomic E-state index is -0.424. The Kier molecular flexibility index (Phi) is 4.98. The lowest BCUT2D eigenvalue weighted by atomic mass is 10.2. The van der Waals surface area contributed by atoms with Gasteiger partial charge in [-0.1, -0.05) is 17.7 Å². The van der Waals surface area contributed by atoms with Gasteiger partial charge < -0.3 is 20.4 Å². The Balaban J connectivity index is 1.68. The van der Waals surface area contributed by atoms with Crippen LogP contribution in [0.1, 0.15) is 11.3 Å². The Hall–Kier alpha value is -2.76. The Bertz CT molecular complexity index is 591. The Morgan fingerprint density at radius 2 is 1.86 bits per heavy atom.